The molecule has 1 N–H and O–H groups in total. The second-order valence-electron chi connectivity index (χ2n) is 5.78. The minimum atomic E-state index is -0.613. The smallest absolute Gasteiger partial charge is 0.261 e. The summed E-state index contributed by atoms with van der Waals surface area (Å²) in [5.41, 5.74) is 1.81. The van der Waals surface area contributed by atoms with Crippen molar-refractivity contribution < 1.29 is 23.7 Å². The van der Waals surface area contributed by atoms with Crippen LogP contribution in [0, 0.1) is 6.92 Å². The lowest BCUT2D eigenvalue weighted by atomic mass is 10.1. The summed E-state index contributed by atoms with van der Waals surface area (Å²) in [6, 6.07) is 11.2. The van der Waals surface area contributed by atoms with E-state index in [0.29, 0.717) is 29.5 Å². The van der Waals surface area contributed by atoms with Crippen molar-refractivity contribution in [2.24, 2.45) is 0 Å². The molecule has 0 aliphatic heterocycles. The molecule has 1 amide bonds. The third-order valence-electron chi connectivity index (χ3n) is 3.96. The molecule has 6 nitrogen and oxygen atoms in total. The molecular formula is C20H25NO5. The SMILES string of the molecule is COc1cc(CNC(=O)[C@H](C)Oc2ccccc2C)cc(OC)c1OC. The van der Waals surface area contributed by atoms with E-state index in [1.54, 1.807) is 40.4 Å². The Bertz CT molecular complexity index is 735. The minimum Gasteiger partial charge on any atom is -0.493 e. The van der Waals surface area contributed by atoms with Gasteiger partial charge in [-0.1, -0.05) is 18.2 Å². The Kier molecular flexibility index (Phi) is 6.72. The van der Waals surface area contributed by atoms with E-state index in [0.717, 1.165) is 11.1 Å². The maximum Gasteiger partial charge on any atom is 0.261 e. The molecular weight excluding hydrogens is 334 g/mol. The second kappa shape index (κ2) is 8.99. The van der Waals surface area contributed by atoms with Crippen LogP contribution in [0.5, 0.6) is 23.0 Å². The fraction of sp³-hybridized carbons (Fsp3) is 0.350. The van der Waals surface area contributed by atoms with Gasteiger partial charge < -0.3 is 24.3 Å². The van der Waals surface area contributed by atoms with Crippen molar-refractivity contribution in [3.8, 4) is 23.0 Å². The van der Waals surface area contributed by atoms with E-state index < -0.39 is 6.10 Å². The lowest BCUT2D eigenvalue weighted by Gasteiger charge is -2.17. The maximum atomic E-state index is 12.3. The number of rotatable bonds is 8. The summed E-state index contributed by atoms with van der Waals surface area (Å²) in [4.78, 5) is 12.3. The molecule has 0 radical (unpaired) electrons. The molecule has 6 heteroatoms. The van der Waals surface area contributed by atoms with Crippen LogP contribution >= 0.6 is 0 Å². The summed E-state index contributed by atoms with van der Waals surface area (Å²) >= 11 is 0. The van der Waals surface area contributed by atoms with Crippen LogP contribution in [0.4, 0.5) is 0 Å². The van der Waals surface area contributed by atoms with Gasteiger partial charge in [0.2, 0.25) is 5.75 Å². The van der Waals surface area contributed by atoms with Gasteiger partial charge in [0.25, 0.3) is 5.91 Å². The fourth-order valence-corrected chi connectivity index (χ4v) is 2.50. The highest BCUT2D eigenvalue weighted by atomic mass is 16.5. The Morgan fingerprint density at radius 3 is 2.15 bits per heavy atom. The lowest BCUT2D eigenvalue weighted by molar-refractivity contribution is -0.127. The summed E-state index contributed by atoms with van der Waals surface area (Å²) in [5, 5.41) is 2.86. The zero-order chi connectivity index (χ0) is 19.1. The first-order valence-corrected chi connectivity index (χ1v) is 8.29. The van der Waals surface area contributed by atoms with Gasteiger partial charge in [0, 0.05) is 6.54 Å². The molecule has 0 bridgehead atoms. The molecule has 0 aromatic heterocycles. The fourth-order valence-electron chi connectivity index (χ4n) is 2.50. The van der Waals surface area contributed by atoms with Gasteiger partial charge in [-0.05, 0) is 43.2 Å². The average Bonchev–Trinajstić information content (AvgIpc) is 2.66. The van der Waals surface area contributed by atoms with E-state index in [1.807, 2.05) is 31.2 Å². The summed E-state index contributed by atoms with van der Waals surface area (Å²) in [7, 11) is 4.65. The predicted octanol–water partition coefficient (Wildman–Crippen LogP) is 3.10. The lowest BCUT2D eigenvalue weighted by Crippen LogP contribution is -2.36. The Morgan fingerprint density at radius 2 is 1.62 bits per heavy atom. The van der Waals surface area contributed by atoms with Crippen molar-refractivity contribution in [3.05, 3.63) is 47.5 Å². The number of carbonyl (C=O) groups excluding carboxylic acids is 1. The Morgan fingerprint density at radius 1 is 1.00 bits per heavy atom. The number of para-hydroxylation sites is 1. The van der Waals surface area contributed by atoms with E-state index >= 15 is 0 Å². The van der Waals surface area contributed by atoms with E-state index in [9.17, 15) is 4.79 Å². The van der Waals surface area contributed by atoms with Gasteiger partial charge in [0.15, 0.2) is 17.6 Å². The van der Waals surface area contributed by atoms with Gasteiger partial charge in [-0.25, -0.2) is 0 Å². The van der Waals surface area contributed by atoms with Crippen molar-refractivity contribution >= 4 is 5.91 Å². The van der Waals surface area contributed by atoms with Crippen LogP contribution in [0.25, 0.3) is 0 Å². The van der Waals surface area contributed by atoms with E-state index in [-0.39, 0.29) is 5.91 Å². The Balaban J connectivity index is 2.03. The second-order valence-corrected chi connectivity index (χ2v) is 5.78. The molecule has 0 fully saturated rings. The van der Waals surface area contributed by atoms with Gasteiger partial charge in [0.05, 0.1) is 21.3 Å². The summed E-state index contributed by atoms with van der Waals surface area (Å²) in [6.07, 6.45) is -0.613. The average molecular weight is 359 g/mol. The number of ether oxygens (including phenoxy) is 4. The van der Waals surface area contributed by atoms with Gasteiger partial charge in [-0.3, -0.25) is 4.79 Å². The first-order valence-electron chi connectivity index (χ1n) is 8.29. The molecule has 1 atom stereocenters. The minimum absolute atomic E-state index is 0.206. The first-order chi connectivity index (χ1) is 12.5. The molecule has 0 heterocycles. The van der Waals surface area contributed by atoms with Crippen molar-refractivity contribution in [2.45, 2.75) is 26.5 Å². The topological polar surface area (TPSA) is 66.0 Å². The monoisotopic (exact) mass is 359 g/mol. The van der Waals surface area contributed by atoms with Crippen LogP contribution in [-0.4, -0.2) is 33.3 Å². The Labute approximate surface area is 154 Å². The molecule has 0 unspecified atom stereocenters. The molecule has 2 aromatic rings. The normalized spacial score (nSPS) is 11.4. The quantitative estimate of drug-likeness (QED) is 0.784. The van der Waals surface area contributed by atoms with Crippen LogP contribution in [-0.2, 0) is 11.3 Å². The van der Waals surface area contributed by atoms with Gasteiger partial charge >= 0.3 is 0 Å². The number of hydrogen-bond donors (Lipinski definition) is 1. The standard InChI is InChI=1S/C20H25NO5/c1-13-8-6-7-9-16(13)26-14(2)20(22)21-12-15-10-17(23-3)19(25-5)18(11-15)24-4/h6-11,14H,12H2,1-5H3,(H,21,22)/t14-/m0/s1. The van der Waals surface area contributed by atoms with E-state index in [1.165, 1.54) is 0 Å². The number of amides is 1. The van der Waals surface area contributed by atoms with Crippen LogP contribution in [0.2, 0.25) is 0 Å². The first kappa shape index (κ1) is 19.4. The van der Waals surface area contributed by atoms with Crippen LogP contribution in [0.3, 0.4) is 0 Å². The third-order valence-corrected chi connectivity index (χ3v) is 3.96. The van der Waals surface area contributed by atoms with Crippen LogP contribution in [0.1, 0.15) is 18.1 Å². The number of hydrogen-bond acceptors (Lipinski definition) is 5. The Hall–Kier alpha value is -2.89. The van der Waals surface area contributed by atoms with Crippen molar-refractivity contribution in [3.63, 3.8) is 0 Å². The molecule has 140 valence electrons. The third kappa shape index (κ3) is 4.59. The largest absolute Gasteiger partial charge is 0.493 e. The number of methoxy groups -OCH3 is 3. The highest BCUT2D eigenvalue weighted by molar-refractivity contribution is 5.80. The number of benzene rings is 2. The van der Waals surface area contributed by atoms with Gasteiger partial charge in [-0.15, -0.1) is 0 Å². The summed E-state index contributed by atoms with van der Waals surface area (Å²) in [5.74, 6) is 2.09. The maximum absolute atomic E-state index is 12.3. The number of carbonyl (C=O) groups is 1. The van der Waals surface area contributed by atoms with Crippen LogP contribution in [0.15, 0.2) is 36.4 Å². The van der Waals surface area contributed by atoms with Crippen molar-refractivity contribution in [2.75, 3.05) is 21.3 Å². The molecule has 0 spiro atoms. The molecule has 0 saturated heterocycles. The summed E-state index contributed by atoms with van der Waals surface area (Å²) in [6.45, 7) is 3.98. The summed E-state index contributed by atoms with van der Waals surface area (Å²) < 4.78 is 21.7. The number of nitrogens with one attached hydrogen (secondary N) is 1. The number of aryl methyl sites for hydroxylation is 1. The predicted molar refractivity (Wildman–Crippen MR) is 99.2 cm³/mol. The van der Waals surface area contributed by atoms with Crippen LogP contribution < -0.4 is 24.3 Å². The van der Waals surface area contributed by atoms with E-state index in [2.05, 4.69) is 5.32 Å². The molecule has 0 saturated carbocycles. The molecule has 2 aromatic carbocycles. The van der Waals surface area contributed by atoms with Crippen molar-refractivity contribution in [1.29, 1.82) is 0 Å². The molecule has 2 rings (SSSR count). The molecule has 26 heavy (non-hydrogen) atoms. The van der Waals surface area contributed by atoms with E-state index in [4.69, 9.17) is 18.9 Å². The zero-order valence-electron chi connectivity index (χ0n) is 15.8. The van der Waals surface area contributed by atoms with Gasteiger partial charge in [0.1, 0.15) is 5.75 Å². The van der Waals surface area contributed by atoms with Crippen molar-refractivity contribution in [1.82, 2.24) is 5.32 Å². The molecule has 0 aliphatic carbocycles. The molecule has 0 aliphatic rings. The zero-order valence-corrected chi connectivity index (χ0v) is 15.8. The van der Waals surface area contributed by atoms with Gasteiger partial charge in [-0.2, -0.15) is 0 Å². The highest BCUT2D eigenvalue weighted by Crippen LogP contribution is 2.38. The highest BCUT2D eigenvalue weighted by Gasteiger charge is 2.17.